The maximum absolute atomic E-state index is 11.7. The van der Waals surface area contributed by atoms with Crippen molar-refractivity contribution in [2.45, 2.75) is 6.42 Å². The van der Waals surface area contributed by atoms with Gasteiger partial charge in [-0.15, -0.1) is 12.3 Å². The Morgan fingerprint density at radius 3 is 3.12 bits per heavy atom. The molecule has 2 rings (SSSR count). The number of hydrogen-bond acceptors (Lipinski definition) is 4. The Morgan fingerprint density at radius 2 is 2.50 bits per heavy atom. The van der Waals surface area contributed by atoms with Gasteiger partial charge in [0.2, 0.25) is 17.7 Å². The highest BCUT2D eigenvalue weighted by atomic mass is 16.5. The topological polar surface area (TPSA) is 55.3 Å². The standard InChI is InChI=1S/C11H11N3O2/c1-3-8-6-10(15)14(7-8)11-12-5-4-9(13-11)16-2/h1,4-5,8H,6-7H2,2H3. The fraction of sp³-hybridized carbons (Fsp3) is 0.364. The van der Waals surface area contributed by atoms with Gasteiger partial charge in [0.05, 0.1) is 7.11 Å². The van der Waals surface area contributed by atoms with E-state index in [0.717, 1.165) is 0 Å². The van der Waals surface area contributed by atoms with Gasteiger partial charge in [-0.2, -0.15) is 4.98 Å². The van der Waals surface area contributed by atoms with Crippen molar-refractivity contribution in [3.8, 4) is 18.2 Å². The lowest BCUT2D eigenvalue weighted by Gasteiger charge is -2.13. The van der Waals surface area contributed by atoms with E-state index in [1.54, 1.807) is 12.3 Å². The number of anilines is 1. The third kappa shape index (κ3) is 1.82. The number of amides is 1. The van der Waals surface area contributed by atoms with Gasteiger partial charge in [-0.1, -0.05) is 0 Å². The predicted octanol–water partition coefficient (Wildman–Crippen LogP) is 0.471. The van der Waals surface area contributed by atoms with E-state index in [1.807, 2.05) is 0 Å². The third-order valence-corrected chi connectivity index (χ3v) is 2.43. The zero-order valence-electron chi connectivity index (χ0n) is 8.88. The molecule has 0 spiro atoms. The summed E-state index contributed by atoms with van der Waals surface area (Å²) in [6.07, 6.45) is 7.21. The number of carbonyl (C=O) groups is 1. The van der Waals surface area contributed by atoms with Crippen LogP contribution in [-0.2, 0) is 4.79 Å². The van der Waals surface area contributed by atoms with E-state index in [-0.39, 0.29) is 11.8 Å². The molecule has 82 valence electrons. The Bertz CT molecular complexity index is 453. The van der Waals surface area contributed by atoms with Crippen LogP contribution in [-0.4, -0.2) is 29.5 Å². The third-order valence-electron chi connectivity index (χ3n) is 2.43. The molecular formula is C11H11N3O2. The first-order chi connectivity index (χ1) is 7.74. The van der Waals surface area contributed by atoms with E-state index >= 15 is 0 Å². The lowest BCUT2D eigenvalue weighted by atomic mass is 10.1. The van der Waals surface area contributed by atoms with Crippen LogP contribution >= 0.6 is 0 Å². The zero-order chi connectivity index (χ0) is 11.5. The van der Waals surface area contributed by atoms with Crippen molar-refractivity contribution in [1.82, 2.24) is 9.97 Å². The molecule has 0 saturated carbocycles. The first kappa shape index (κ1) is 10.4. The highest BCUT2D eigenvalue weighted by Crippen LogP contribution is 2.22. The average molecular weight is 217 g/mol. The second-order valence-electron chi connectivity index (χ2n) is 3.47. The minimum atomic E-state index is -0.0534. The van der Waals surface area contributed by atoms with Crippen molar-refractivity contribution < 1.29 is 9.53 Å². The normalized spacial score (nSPS) is 19.6. The van der Waals surface area contributed by atoms with Crippen molar-refractivity contribution in [1.29, 1.82) is 0 Å². The molecule has 1 aromatic heterocycles. The van der Waals surface area contributed by atoms with Gasteiger partial charge in [0.1, 0.15) is 0 Å². The second-order valence-corrected chi connectivity index (χ2v) is 3.47. The maximum atomic E-state index is 11.7. The van der Waals surface area contributed by atoms with Crippen LogP contribution in [0.25, 0.3) is 0 Å². The van der Waals surface area contributed by atoms with E-state index in [4.69, 9.17) is 11.2 Å². The summed E-state index contributed by atoms with van der Waals surface area (Å²) in [5.41, 5.74) is 0. The smallest absolute Gasteiger partial charge is 0.235 e. The summed E-state index contributed by atoms with van der Waals surface area (Å²) < 4.78 is 4.97. The molecule has 1 fully saturated rings. The van der Waals surface area contributed by atoms with Crippen molar-refractivity contribution in [3.63, 3.8) is 0 Å². The zero-order valence-corrected chi connectivity index (χ0v) is 8.88. The van der Waals surface area contributed by atoms with Crippen LogP contribution < -0.4 is 9.64 Å². The van der Waals surface area contributed by atoms with Crippen LogP contribution in [0.2, 0.25) is 0 Å². The van der Waals surface area contributed by atoms with Crippen LogP contribution in [0.1, 0.15) is 6.42 Å². The minimum Gasteiger partial charge on any atom is -0.481 e. The highest BCUT2D eigenvalue weighted by molar-refractivity contribution is 5.94. The summed E-state index contributed by atoms with van der Waals surface area (Å²) in [7, 11) is 1.52. The number of ether oxygens (including phenoxy) is 1. The second kappa shape index (κ2) is 4.19. The molecule has 5 heteroatoms. The molecule has 0 aromatic carbocycles. The first-order valence-corrected chi connectivity index (χ1v) is 4.88. The van der Waals surface area contributed by atoms with Gasteiger partial charge in [0.25, 0.3) is 0 Å². The molecule has 1 aliphatic heterocycles. The molecule has 16 heavy (non-hydrogen) atoms. The van der Waals surface area contributed by atoms with Gasteiger partial charge in [-0.25, -0.2) is 4.98 Å². The van der Waals surface area contributed by atoms with Crippen LogP contribution in [0.3, 0.4) is 0 Å². The van der Waals surface area contributed by atoms with Gasteiger partial charge in [-0.05, 0) is 0 Å². The minimum absolute atomic E-state index is 0.0452. The quantitative estimate of drug-likeness (QED) is 0.676. The monoisotopic (exact) mass is 217 g/mol. The van der Waals surface area contributed by atoms with Gasteiger partial charge in [-0.3, -0.25) is 9.69 Å². The Hall–Kier alpha value is -2.09. The summed E-state index contributed by atoms with van der Waals surface area (Å²) in [5, 5.41) is 0. The Morgan fingerprint density at radius 1 is 1.69 bits per heavy atom. The summed E-state index contributed by atoms with van der Waals surface area (Å²) >= 11 is 0. The molecule has 0 radical (unpaired) electrons. The van der Waals surface area contributed by atoms with Gasteiger partial charge in [0, 0.05) is 31.1 Å². The van der Waals surface area contributed by atoms with Crippen LogP contribution in [0.4, 0.5) is 5.95 Å². The molecule has 1 unspecified atom stereocenters. The van der Waals surface area contributed by atoms with E-state index in [9.17, 15) is 4.79 Å². The molecule has 0 bridgehead atoms. The Balaban J connectivity index is 2.24. The summed E-state index contributed by atoms with van der Waals surface area (Å²) in [6.45, 7) is 0.475. The molecule has 5 nitrogen and oxygen atoms in total. The maximum Gasteiger partial charge on any atom is 0.235 e. The highest BCUT2D eigenvalue weighted by Gasteiger charge is 2.31. The number of methoxy groups -OCH3 is 1. The van der Waals surface area contributed by atoms with E-state index in [2.05, 4.69) is 15.9 Å². The molecule has 1 aromatic rings. The summed E-state index contributed by atoms with van der Waals surface area (Å²) in [6, 6.07) is 1.63. The molecule has 1 amide bonds. The lowest BCUT2D eigenvalue weighted by molar-refractivity contribution is -0.117. The number of nitrogens with zero attached hydrogens (tertiary/aromatic N) is 3. The van der Waals surface area contributed by atoms with Crippen molar-refractivity contribution in [3.05, 3.63) is 12.3 Å². The molecule has 1 saturated heterocycles. The molecule has 0 aliphatic carbocycles. The number of rotatable bonds is 2. The van der Waals surface area contributed by atoms with Gasteiger partial charge >= 0.3 is 0 Å². The van der Waals surface area contributed by atoms with Crippen molar-refractivity contribution >= 4 is 11.9 Å². The number of hydrogen-bond donors (Lipinski definition) is 0. The predicted molar refractivity (Wildman–Crippen MR) is 57.9 cm³/mol. The summed E-state index contributed by atoms with van der Waals surface area (Å²) in [4.78, 5) is 21.3. The van der Waals surface area contributed by atoms with E-state index in [0.29, 0.717) is 24.8 Å². The molecular weight excluding hydrogens is 206 g/mol. The molecule has 0 N–H and O–H groups in total. The van der Waals surface area contributed by atoms with Crippen molar-refractivity contribution in [2.75, 3.05) is 18.6 Å². The average Bonchev–Trinajstić information content (AvgIpc) is 2.71. The van der Waals surface area contributed by atoms with Crippen LogP contribution in [0.5, 0.6) is 5.88 Å². The fourth-order valence-corrected chi connectivity index (χ4v) is 1.59. The van der Waals surface area contributed by atoms with Gasteiger partial charge in [0.15, 0.2) is 0 Å². The van der Waals surface area contributed by atoms with E-state index in [1.165, 1.54) is 12.0 Å². The van der Waals surface area contributed by atoms with Crippen LogP contribution in [0, 0.1) is 18.3 Å². The Labute approximate surface area is 93.5 Å². The lowest BCUT2D eigenvalue weighted by Crippen LogP contribution is -2.26. The number of aromatic nitrogens is 2. The fourth-order valence-electron chi connectivity index (χ4n) is 1.59. The van der Waals surface area contributed by atoms with E-state index < -0.39 is 0 Å². The molecule has 1 aliphatic rings. The SMILES string of the molecule is C#CC1CC(=O)N(c2nccc(OC)n2)C1. The first-order valence-electron chi connectivity index (χ1n) is 4.88. The largest absolute Gasteiger partial charge is 0.481 e. The van der Waals surface area contributed by atoms with Gasteiger partial charge < -0.3 is 4.74 Å². The summed E-state index contributed by atoms with van der Waals surface area (Å²) in [5.74, 6) is 3.26. The number of terminal acetylenes is 1. The Kier molecular flexibility index (Phi) is 2.73. The molecule has 1 atom stereocenters. The molecule has 2 heterocycles. The van der Waals surface area contributed by atoms with Crippen LogP contribution in [0.15, 0.2) is 12.3 Å². The van der Waals surface area contributed by atoms with Crippen molar-refractivity contribution in [2.24, 2.45) is 5.92 Å². The number of carbonyl (C=O) groups excluding carboxylic acids is 1.